The van der Waals surface area contributed by atoms with Gasteiger partial charge in [-0.1, -0.05) is 23.0 Å². The Morgan fingerprint density at radius 3 is 2.62 bits per heavy atom. The van der Waals surface area contributed by atoms with Crippen LogP contribution in [0.4, 0.5) is 0 Å². The van der Waals surface area contributed by atoms with Crippen LogP contribution >= 0.6 is 11.6 Å². The molecule has 128 valence electrons. The summed E-state index contributed by atoms with van der Waals surface area (Å²) in [6, 6.07) is 7.22. The maximum absolute atomic E-state index is 12.7. The van der Waals surface area contributed by atoms with E-state index in [0.717, 1.165) is 4.79 Å². The molecule has 1 atom stereocenters. The van der Waals surface area contributed by atoms with E-state index in [2.05, 4.69) is 9.79 Å². The molecule has 1 aromatic carbocycles. The van der Waals surface area contributed by atoms with Crippen molar-refractivity contribution < 1.29 is 22.5 Å². The van der Waals surface area contributed by atoms with E-state index in [1.165, 1.54) is 21.4 Å². The minimum atomic E-state index is -3.69. The van der Waals surface area contributed by atoms with Gasteiger partial charge in [-0.15, -0.1) is 0 Å². The lowest BCUT2D eigenvalue weighted by Gasteiger charge is -2.38. The van der Waals surface area contributed by atoms with Gasteiger partial charge in [0.15, 0.2) is 0 Å². The molecule has 0 amide bonds. The first-order valence-corrected chi connectivity index (χ1v) is 8.83. The maximum atomic E-state index is 12.7. The number of hydrogen-bond donors (Lipinski definition) is 1. The first-order chi connectivity index (χ1) is 11.4. The van der Waals surface area contributed by atoms with Gasteiger partial charge in [0.05, 0.1) is 10.9 Å². The Labute approximate surface area is 142 Å². The minimum Gasteiger partial charge on any atom is -0.379 e. The summed E-state index contributed by atoms with van der Waals surface area (Å²) in [4.78, 5) is 12.7. The number of nitrogens with one attached hydrogen (secondary N) is 1. The van der Waals surface area contributed by atoms with Crippen LogP contribution in [0.25, 0.3) is 0 Å². The van der Waals surface area contributed by atoms with Gasteiger partial charge in [-0.2, -0.15) is 4.31 Å². The monoisotopic (exact) mass is 371 g/mol. The zero-order valence-electron chi connectivity index (χ0n) is 12.4. The molecule has 1 saturated heterocycles. The van der Waals surface area contributed by atoms with Crippen molar-refractivity contribution in [2.24, 2.45) is 0 Å². The van der Waals surface area contributed by atoms with Crippen molar-refractivity contribution in [2.75, 3.05) is 24.6 Å². The number of nitrogens with zero attached hydrogens (tertiary/aromatic N) is 4. The van der Waals surface area contributed by atoms with E-state index in [0.29, 0.717) is 6.29 Å². The molecule has 2 heterocycles. The quantitative estimate of drug-likeness (QED) is 0.537. The second kappa shape index (κ2) is 6.38. The van der Waals surface area contributed by atoms with Gasteiger partial charge >= 0.3 is 10.7 Å². The summed E-state index contributed by atoms with van der Waals surface area (Å²) >= 11 is 5.92. The largest absolute Gasteiger partial charge is 0.379 e. The van der Waals surface area contributed by atoms with E-state index in [-0.39, 0.29) is 35.2 Å². The number of sulfonamides is 1. The Morgan fingerprint density at radius 1 is 1.33 bits per heavy atom. The Hall–Kier alpha value is -2.17. The molecule has 0 spiro atoms. The average molecular weight is 372 g/mol. The minimum absolute atomic E-state index is 0.0513. The van der Waals surface area contributed by atoms with Gasteiger partial charge in [-0.3, -0.25) is 10.4 Å². The van der Waals surface area contributed by atoms with E-state index in [4.69, 9.17) is 17.0 Å². The van der Waals surface area contributed by atoms with Crippen molar-refractivity contribution in [3.8, 4) is 0 Å². The second-order valence-electron chi connectivity index (χ2n) is 5.12. The molecule has 1 N–H and O–H groups in total. The number of carbonyl (C=O) groups excluding carboxylic acids is 1. The number of hydrogen-bond acceptors (Lipinski definition) is 6. The number of aromatic nitrogens is 2. The predicted molar refractivity (Wildman–Crippen MR) is 81.2 cm³/mol. The normalized spacial score (nSPS) is 19.4. The zero-order chi connectivity index (χ0) is 17.3. The summed E-state index contributed by atoms with van der Waals surface area (Å²) in [6.45, 7) is 0.265. The fourth-order valence-electron chi connectivity index (χ4n) is 2.49. The Morgan fingerprint density at radius 2 is 2.04 bits per heavy atom. The third kappa shape index (κ3) is 2.83. The lowest BCUT2D eigenvalue weighted by molar-refractivity contribution is -0.764. The number of benzene rings is 1. The summed E-state index contributed by atoms with van der Waals surface area (Å²) in [5, 5.41) is 12.4. The van der Waals surface area contributed by atoms with E-state index >= 15 is 0 Å². The van der Waals surface area contributed by atoms with Crippen LogP contribution in [0.1, 0.15) is 0 Å². The van der Waals surface area contributed by atoms with Crippen molar-refractivity contribution in [1.29, 1.82) is 5.41 Å². The van der Waals surface area contributed by atoms with Crippen molar-refractivity contribution >= 4 is 27.9 Å². The highest BCUT2D eigenvalue weighted by molar-refractivity contribution is 7.89. The van der Waals surface area contributed by atoms with Gasteiger partial charge in [0, 0.05) is 19.6 Å². The van der Waals surface area contributed by atoms with Crippen molar-refractivity contribution in [1.82, 2.24) is 9.58 Å². The van der Waals surface area contributed by atoms with Crippen LogP contribution in [-0.4, -0.2) is 44.7 Å². The van der Waals surface area contributed by atoms with Crippen LogP contribution in [0, 0.1) is 5.41 Å². The van der Waals surface area contributed by atoms with Crippen molar-refractivity contribution in [3.05, 3.63) is 41.0 Å². The van der Waals surface area contributed by atoms with Crippen LogP contribution in [0.2, 0.25) is 5.15 Å². The van der Waals surface area contributed by atoms with Crippen LogP contribution < -0.4 is 20.6 Å². The predicted octanol–water partition coefficient (Wildman–Crippen LogP) is -1.13. The number of rotatable bonds is 4. The average Bonchev–Trinajstić information content (AvgIpc) is 2.94. The standard InChI is InChI=1S/C13H14ClN5O4S/c14-12-13(15)23-16-19(12)18-7-6-17(8-10(18)9-20)24(21,22)11-4-2-1-3-5-11/h1-5,9-10,15H,6-8H2. The highest BCUT2D eigenvalue weighted by Gasteiger charge is 2.35. The molecule has 9 nitrogen and oxygen atoms in total. The summed E-state index contributed by atoms with van der Waals surface area (Å²) in [5.41, 5.74) is -0.333. The van der Waals surface area contributed by atoms with E-state index in [9.17, 15) is 13.2 Å². The summed E-state index contributed by atoms with van der Waals surface area (Å²) in [5.74, 6) is 0. The Balaban J connectivity index is 1.87. The Kier molecular flexibility index (Phi) is 4.43. The van der Waals surface area contributed by atoms with Gasteiger partial charge < -0.3 is 9.32 Å². The molecule has 0 bridgehead atoms. The highest BCUT2D eigenvalue weighted by atomic mass is 35.5. The molecule has 1 aliphatic rings. The molecule has 3 rings (SSSR count). The molecular formula is C13H14ClN5O4S. The molecular weight excluding hydrogens is 358 g/mol. The molecule has 11 heteroatoms. The lowest BCUT2D eigenvalue weighted by atomic mass is 10.2. The number of carbonyl (C=O) groups is 1. The summed E-state index contributed by atoms with van der Waals surface area (Å²) < 4.78 is 31.2. The number of piperazine rings is 1. The summed E-state index contributed by atoms with van der Waals surface area (Å²) in [6.07, 6.45) is 0.619. The van der Waals surface area contributed by atoms with Gasteiger partial charge in [0.25, 0.3) is 0 Å². The molecule has 0 aliphatic carbocycles. The molecule has 1 fully saturated rings. The first-order valence-electron chi connectivity index (χ1n) is 7.01. The molecule has 1 aliphatic heterocycles. The molecule has 24 heavy (non-hydrogen) atoms. The maximum Gasteiger partial charge on any atom is 0.360 e. The van der Waals surface area contributed by atoms with Crippen molar-refractivity contribution in [2.45, 2.75) is 10.9 Å². The van der Waals surface area contributed by atoms with E-state index in [1.807, 2.05) is 0 Å². The SMILES string of the molecule is N=c1o[n-][n+](N2CCN(S(=O)(=O)c3ccccc3)CC2C=O)c1Cl. The number of aldehydes is 1. The smallest absolute Gasteiger partial charge is 0.360 e. The lowest BCUT2D eigenvalue weighted by Crippen LogP contribution is -2.72. The highest BCUT2D eigenvalue weighted by Crippen LogP contribution is 2.18. The molecule has 0 saturated carbocycles. The molecule has 2 aromatic rings. The first kappa shape index (κ1) is 16.7. The fraction of sp³-hybridized carbons (Fsp3) is 0.308. The van der Waals surface area contributed by atoms with Crippen LogP contribution in [0.3, 0.4) is 0 Å². The van der Waals surface area contributed by atoms with Gasteiger partial charge in [0.2, 0.25) is 10.0 Å². The van der Waals surface area contributed by atoms with Gasteiger partial charge in [-0.05, 0) is 29.0 Å². The molecule has 0 radical (unpaired) electrons. The van der Waals surface area contributed by atoms with E-state index in [1.54, 1.807) is 18.2 Å². The van der Waals surface area contributed by atoms with Crippen LogP contribution in [0.15, 0.2) is 39.8 Å². The van der Waals surface area contributed by atoms with Crippen molar-refractivity contribution in [3.63, 3.8) is 0 Å². The van der Waals surface area contributed by atoms with Crippen LogP contribution in [-0.2, 0) is 14.8 Å². The third-order valence-corrected chi connectivity index (χ3v) is 5.91. The third-order valence-electron chi connectivity index (χ3n) is 3.71. The van der Waals surface area contributed by atoms with Crippen LogP contribution in [0.5, 0.6) is 0 Å². The zero-order valence-corrected chi connectivity index (χ0v) is 13.9. The topological polar surface area (TPSA) is 113 Å². The summed E-state index contributed by atoms with van der Waals surface area (Å²) in [7, 11) is -3.69. The Bertz CT molecular complexity index is 895. The number of halogens is 1. The molecule has 1 unspecified atom stereocenters. The second-order valence-corrected chi connectivity index (χ2v) is 7.42. The fourth-order valence-corrected chi connectivity index (χ4v) is 4.12. The van der Waals surface area contributed by atoms with E-state index < -0.39 is 16.1 Å². The van der Waals surface area contributed by atoms with Gasteiger partial charge in [-0.25, -0.2) is 8.42 Å². The van der Waals surface area contributed by atoms with Gasteiger partial charge in [0.1, 0.15) is 6.29 Å². The molecule has 1 aromatic heterocycles.